The van der Waals surface area contributed by atoms with Gasteiger partial charge in [0.15, 0.2) is 5.82 Å². The zero-order chi connectivity index (χ0) is 16.3. The number of rotatable bonds is 5. The Labute approximate surface area is 133 Å². The van der Waals surface area contributed by atoms with Gasteiger partial charge in [0.2, 0.25) is 11.1 Å². The molecule has 0 bridgehead atoms. The van der Waals surface area contributed by atoms with Gasteiger partial charge < -0.3 is 15.5 Å². The number of nitrogen functional groups attached to an aromatic ring is 1. The van der Waals surface area contributed by atoms with E-state index in [-0.39, 0.29) is 11.2 Å². The highest BCUT2D eigenvalue weighted by Gasteiger charge is 2.20. The van der Waals surface area contributed by atoms with E-state index in [1.165, 1.54) is 16.4 Å². The minimum atomic E-state index is -0.287. The smallest absolute Gasteiger partial charge is 0.235 e. The number of aromatic nitrogens is 3. The van der Waals surface area contributed by atoms with Crippen LogP contribution in [0, 0.1) is 0 Å². The maximum Gasteiger partial charge on any atom is 0.235 e. The topological polar surface area (TPSA) is 86.3 Å². The number of carbonyl (C=O) groups excluding carboxylic acids is 1. The minimum Gasteiger partial charge on any atom is -0.497 e. The number of carbonyl (C=O) groups is 1. The van der Waals surface area contributed by atoms with Crippen LogP contribution in [0.1, 0.15) is 6.92 Å². The van der Waals surface area contributed by atoms with Gasteiger partial charge in [0, 0.05) is 19.7 Å². The van der Waals surface area contributed by atoms with Crippen molar-refractivity contribution in [2.24, 2.45) is 0 Å². The molecule has 1 atom stereocenters. The van der Waals surface area contributed by atoms with Gasteiger partial charge in [-0.1, -0.05) is 11.8 Å². The number of nitrogens with zero attached hydrogens (tertiary/aromatic N) is 4. The SMILES string of the molecule is COc1ccc(-c2nnc(SC(C)C(=O)N(C)C)n2N)cc1. The Bertz CT molecular complexity index is 654. The summed E-state index contributed by atoms with van der Waals surface area (Å²) < 4.78 is 6.52. The third-order valence-corrected chi connectivity index (χ3v) is 4.13. The molecule has 1 aromatic carbocycles. The summed E-state index contributed by atoms with van der Waals surface area (Å²) >= 11 is 1.28. The fourth-order valence-corrected chi connectivity index (χ4v) is 2.78. The van der Waals surface area contributed by atoms with Gasteiger partial charge in [0.25, 0.3) is 0 Å². The number of ether oxygens (including phenoxy) is 1. The van der Waals surface area contributed by atoms with Crippen LogP contribution >= 0.6 is 11.8 Å². The predicted octanol–water partition coefficient (Wildman–Crippen LogP) is 1.24. The Morgan fingerprint density at radius 3 is 2.50 bits per heavy atom. The van der Waals surface area contributed by atoms with Crippen molar-refractivity contribution in [1.82, 2.24) is 19.8 Å². The number of nitrogens with two attached hydrogens (primary N) is 1. The average molecular weight is 321 g/mol. The average Bonchev–Trinajstić information content (AvgIpc) is 2.87. The number of hydrogen-bond acceptors (Lipinski definition) is 6. The summed E-state index contributed by atoms with van der Waals surface area (Å²) in [7, 11) is 5.04. The van der Waals surface area contributed by atoms with E-state index in [1.807, 2.05) is 31.2 Å². The van der Waals surface area contributed by atoms with Crippen LogP contribution in [0.5, 0.6) is 5.75 Å². The van der Waals surface area contributed by atoms with E-state index in [0.29, 0.717) is 11.0 Å². The summed E-state index contributed by atoms with van der Waals surface area (Å²) in [5.74, 6) is 7.34. The normalized spacial score (nSPS) is 12.0. The molecule has 0 spiro atoms. The molecule has 0 aliphatic heterocycles. The predicted molar refractivity (Wildman–Crippen MR) is 86.2 cm³/mol. The molecule has 118 valence electrons. The Morgan fingerprint density at radius 2 is 1.95 bits per heavy atom. The Hall–Kier alpha value is -2.22. The quantitative estimate of drug-likeness (QED) is 0.658. The Balaban J connectivity index is 2.20. The summed E-state index contributed by atoms with van der Waals surface area (Å²) in [6.07, 6.45) is 0. The van der Waals surface area contributed by atoms with Crippen molar-refractivity contribution in [2.75, 3.05) is 27.0 Å². The molecule has 1 aromatic heterocycles. The van der Waals surface area contributed by atoms with E-state index in [1.54, 1.807) is 26.1 Å². The molecule has 1 amide bonds. The van der Waals surface area contributed by atoms with Gasteiger partial charge in [-0.05, 0) is 31.2 Å². The van der Waals surface area contributed by atoms with Crippen LogP contribution in [0.25, 0.3) is 11.4 Å². The summed E-state index contributed by atoms with van der Waals surface area (Å²) in [5, 5.41) is 8.37. The first kappa shape index (κ1) is 16.2. The Kier molecular flexibility index (Phi) is 4.92. The van der Waals surface area contributed by atoms with Crippen molar-refractivity contribution in [3.05, 3.63) is 24.3 Å². The largest absolute Gasteiger partial charge is 0.497 e. The molecule has 0 saturated carbocycles. The molecule has 2 rings (SSSR count). The molecular formula is C14H19N5O2S. The van der Waals surface area contributed by atoms with Gasteiger partial charge in [0.05, 0.1) is 12.4 Å². The van der Waals surface area contributed by atoms with E-state index in [0.717, 1.165) is 11.3 Å². The summed E-state index contributed by atoms with van der Waals surface area (Å²) in [6, 6.07) is 7.37. The maximum atomic E-state index is 11.9. The van der Waals surface area contributed by atoms with Gasteiger partial charge in [0.1, 0.15) is 5.75 Å². The Morgan fingerprint density at radius 1 is 1.32 bits per heavy atom. The fraction of sp³-hybridized carbons (Fsp3) is 0.357. The number of methoxy groups -OCH3 is 1. The number of amides is 1. The van der Waals surface area contributed by atoms with Crippen LogP contribution in [0.4, 0.5) is 0 Å². The van der Waals surface area contributed by atoms with Gasteiger partial charge in [-0.3, -0.25) is 4.79 Å². The van der Waals surface area contributed by atoms with Crippen LogP contribution in [0.3, 0.4) is 0 Å². The third-order valence-electron chi connectivity index (χ3n) is 3.08. The first-order valence-corrected chi connectivity index (χ1v) is 7.54. The van der Waals surface area contributed by atoms with Crippen LogP contribution in [0.15, 0.2) is 29.4 Å². The van der Waals surface area contributed by atoms with E-state index >= 15 is 0 Å². The first-order chi connectivity index (χ1) is 10.4. The second-order valence-corrected chi connectivity index (χ2v) is 6.21. The molecular weight excluding hydrogens is 302 g/mol. The number of thioether (sulfide) groups is 1. The zero-order valence-corrected chi connectivity index (χ0v) is 13.8. The molecule has 8 heteroatoms. The molecule has 1 heterocycles. The molecule has 0 aliphatic rings. The minimum absolute atomic E-state index is 0.000928. The lowest BCUT2D eigenvalue weighted by Gasteiger charge is -2.15. The third kappa shape index (κ3) is 3.33. The van der Waals surface area contributed by atoms with Gasteiger partial charge in [-0.15, -0.1) is 10.2 Å². The second-order valence-electron chi connectivity index (χ2n) is 4.90. The monoisotopic (exact) mass is 321 g/mol. The fourth-order valence-electron chi connectivity index (χ4n) is 1.87. The molecule has 0 saturated heterocycles. The number of hydrogen-bond donors (Lipinski definition) is 1. The lowest BCUT2D eigenvalue weighted by molar-refractivity contribution is -0.127. The van der Waals surface area contributed by atoms with Crippen molar-refractivity contribution in [2.45, 2.75) is 17.3 Å². The van der Waals surface area contributed by atoms with Crippen molar-refractivity contribution in [3.63, 3.8) is 0 Å². The van der Waals surface area contributed by atoms with Gasteiger partial charge in [-0.2, -0.15) is 0 Å². The summed E-state index contributed by atoms with van der Waals surface area (Å²) in [4.78, 5) is 13.4. The highest BCUT2D eigenvalue weighted by Crippen LogP contribution is 2.26. The lowest BCUT2D eigenvalue weighted by atomic mass is 10.2. The van der Waals surface area contributed by atoms with Crippen molar-refractivity contribution in [1.29, 1.82) is 0 Å². The summed E-state index contributed by atoms with van der Waals surface area (Å²) in [6.45, 7) is 1.81. The highest BCUT2D eigenvalue weighted by atomic mass is 32.2. The van der Waals surface area contributed by atoms with E-state index < -0.39 is 0 Å². The van der Waals surface area contributed by atoms with Gasteiger partial charge in [-0.25, -0.2) is 4.68 Å². The van der Waals surface area contributed by atoms with Gasteiger partial charge >= 0.3 is 0 Å². The molecule has 1 unspecified atom stereocenters. The van der Waals surface area contributed by atoms with E-state index in [4.69, 9.17) is 10.6 Å². The standard InChI is InChI=1S/C14H19N5O2S/c1-9(13(20)18(2)3)22-14-17-16-12(19(14)15)10-5-7-11(21-4)8-6-10/h5-9H,15H2,1-4H3. The molecule has 0 radical (unpaired) electrons. The van der Waals surface area contributed by atoms with Crippen molar-refractivity contribution < 1.29 is 9.53 Å². The van der Waals surface area contributed by atoms with E-state index in [2.05, 4.69) is 10.2 Å². The first-order valence-electron chi connectivity index (χ1n) is 6.66. The maximum absolute atomic E-state index is 11.9. The molecule has 0 aliphatic carbocycles. The summed E-state index contributed by atoms with van der Waals surface area (Å²) in [5.41, 5.74) is 0.828. The van der Waals surface area contributed by atoms with Crippen LogP contribution in [-0.2, 0) is 4.79 Å². The van der Waals surface area contributed by atoms with Crippen molar-refractivity contribution in [3.8, 4) is 17.1 Å². The molecule has 7 nitrogen and oxygen atoms in total. The van der Waals surface area contributed by atoms with Crippen LogP contribution < -0.4 is 10.6 Å². The zero-order valence-electron chi connectivity index (χ0n) is 13.0. The van der Waals surface area contributed by atoms with Crippen LogP contribution in [0.2, 0.25) is 0 Å². The molecule has 22 heavy (non-hydrogen) atoms. The molecule has 2 N–H and O–H groups in total. The number of benzene rings is 1. The van der Waals surface area contributed by atoms with Crippen LogP contribution in [-0.4, -0.2) is 52.1 Å². The molecule has 2 aromatic rings. The second kappa shape index (κ2) is 6.69. The van der Waals surface area contributed by atoms with E-state index in [9.17, 15) is 4.79 Å². The molecule has 0 fully saturated rings. The van der Waals surface area contributed by atoms with Crippen molar-refractivity contribution >= 4 is 17.7 Å². The lowest BCUT2D eigenvalue weighted by Crippen LogP contribution is -2.30. The highest BCUT2D eigenvalue weighted by molar-refractivity contribution is 8.00.